The number of carboxylic acid groups (broad SMARTS) is 1. The average Bonchev–Trinajstić information content (AvgIpc) is 3.26. The summed E-state index contributed by atoms with van der Waals surface area (Å²) in [6.07, 6.45) is 6.75. The molecule has 2 aliphatic rings. The molecule has 0 aliphatic heterocycles. The van der Waals surface area contributed by atoms with Crippen LogP contribution in [0.25, 0.3) is 0 Å². The fourth-order valence-electron chi connectivity index (χ4n) is 5.12. The predicted octanol–water partition coefficient (Wildman–Crippen LogP) is 5.45. The molecule has 1 aromatic heterocycles. The topological polar surface area (TPSA) is 110 Å². The number of carboxylic acids is 1. The van der Waals surface area contributed by atoms with Crippen LogP contribution >= 0.6 is 11.3 Å². The van der Waals surface area contributed by atoms with Crippen molar-refractivity contribution in [1.82, 2.24) is 0 Å². The fourth-order valence-corrected chi connectivity index (χ4v) is 5.97. The van der Waals surface area contributed by atoms with E-state index < -0.39 is 18.0 Å². The summed E-state index contributed by atoms with van der Waals surface area (Å²) >= 11 is 1.14. The minimum absolute atomic E-state index is 0.0364. The van der Waals surface area contributed by atoms with Gasteiger partial charge in [0.15, 0.2) is 0 Å². The van der Waals surface area contributed by atoms with Gasteiger partial charge in [0, 0.05) is 17.4 Å². The molecule has 1 amide bonds. The molecule has 0 bridgehead atoms. The highest BCUT2D eigenvalue weighted by molar-refractivity contribution is 7.15. The van der Waals surface area contributed by atoms with Crippen LogP contribution in [0.1, 0.15) is 101 Å². The Kier molecular flexibility index (Phi) is 9.82. The van der Waals surface area contributed by atoms with Gasteiger partial charge in [0.25, 0.3) is 0 Å². The first-order chi connectivity index (χ1) is 17.4. The summed E-state index contributed by atoms with van der Waals surface area (Å²) in [4.78, 5) is 40.7. The second-order valence-corrected chi connectivity index (χ2v) is 12.9. The van der Waals surface area contributed by atoms with Crippen LogP contribution in [0.15, 0.2) is 6.07 Å². The molecule has 2 aliphatic carbocycles. The van der Waals surface area contributed by atoms with Crippen LogP contribution in [0.2, 0.25) is 0 Å². The van der Waals surface area contributed by atoms with E-state index >= 15 is 0 Å². The summed E-state index contributed by atoms with van der Waals surface area (Å²) in [5.74, 6) is 5.65. The van der Waals surface area contributed by atoms with Crippen molar-refractivity contribution in [2.24, 2.45) is 28.9 Å². The third-order valence-electron chi connectivity index (χ3n) is 7.34. The summed E-state index contributed by atoms with van der Waals surface area (Å²) in [6.45, 7) is 10.2. The van der Waals surface area contributed by atoms with Gasteiger partial charge in [-0.1, -0.05) is 18.8 Å². The van der Waals surface area contributed by atoms with Crippen LogP contribution < -0.4 is 10.6 Å². The largest absolute Gasteiger partial charge is 0.477 e. The SMILES string of the molecule is CC1CCC(C(=O)N(c2cc(C#CC(C)(C)C)sc2C(=O)O)C2CCC(COC(=O)[C@@H](C)N)CC2)CC1. The molecule has 0 spiro atoms. The summed E-state index contributed by atoms with van der Waals surface area (Å²) in [5, 5.41) is 10.1. The van der Waals surface area contributed by atoms with Crippen LogP contribution in [-0.4, -0.2) is 41.6 Å². The number of nitrogens with zero attached hydrogens (tertiary/aromatic N) is 1. The lowest BCUT2D eigenvalue weighted by Gasteiger charge is -2.39. The van der Waals surface area contributed by atoms with Gasteiger partial charge in [0.05, 0.1) is 17.2 Å². The van der Waals surface area contributed by atoms with Gasteiger partial charge in [-0.3, -0.25) is 9.59 Å². The Morgan fingerprint density at radius 1 is 1.14 bits per heavy atom. The van der Waals surface area contributed by atoms with Gasteiger partial charge in [-0.25, -0.2) is 4.79 Å². The van der Waals surface area contributed by atoms with Crippen LogP contribution in [0, 0.1) is 35.0 Å². The monoisotopic (exact) mass is 530 g/mol. The Labute approximate surface area is 225 Å². The number of hydrogen-bond acceptors (Lipinski definition) is 6. The Bertz CT molecular complexity index is 1030. The minimum atomic E-state index is -1.03. The van der Waals surface area contributed by atoms with Crippen molar-refractivity contribution in [3.8, 4) is 11.8 Å². The molecular formula is C29H42N2O5S. The van der Waals surface area contributed by atoms with Crippen LogP contribution in [-0.2, 0) is 14.3 Å². The number of aromatic carboxylic acids is 1. The smallest absolute Gasteiger partial charge is 0.348 e. The number of anilines is 1. The van der Waals surface area contributed by atoms with E-state index in [-0.39, 0.29) is 34.1 Å². The molecule has 8 heteroatoms. The Balaban J connectivity index is 1.87. The molecule has 2 fully saturated rings. The normalized spacial score (nSPS) is 24.9. The standard InChI is InChI=1S/C29H42N2O5S/c1-18-6-10-21(11-7-18)26(32)31(22-12-8-20(9-13-22)17-36-28(35)19(2)30)24-16-23(14-15-29(3,4)5)37-25(24)27(33)34/h16,18-22H,6-13,17,30H2,1-5H3,(H,33,34)/t18?,19-,20?,21?,22?/m1/s1. The first kappa shape index (κ1) is 29.2. The minimum Gasteiger partial charge on any atom is -0.477 e. The first-order valence-electron chi connectivity index (χ1n) is 13.5. The number of hydrogen-bond donors (Lipinski definition) is 2. The van der Waals surface area contributed by atoms with E-state index in [2.05, 4.69) is 18.8 Å². The fraction of sp³-hybridized carbons (Fsp3) is 0.690. The lowest BCUT2D eigenvalue weighted by Crippen LogP contribution is -2.47. The van der Waals surface area contributed by atoms with Crippen molar-refractivity contribution >= 4 is 34.9 Å². The predicted molar refractivity (Wildman–Crippen MR) is 147 cm³/mol. The maximum atomic E-state index is 14.0. The number of amides is 1. The summed E-state index contributed by atoms with van der Waals surface area (Å²) in [5.41, 5.74) is 5.86. The molecule has 204 valence electrons. The van der Waals surface area contributed by atoms with Crippen molar-refractivity contribution < 1.29 is 24.2 Å². The van der Waals surface area contributed by atoms with Crippen molar-refractivity contribution in [2.45, 2.75) is 98.1 Å². The van der Waals surface area contributed by atoms with Crippen molar-refractivity contribution in [3.05, 3.63) is 15.8 Å². The van der Waals surface area contributed by atoms with Gasteiger partial charge >= 0.3 is 11.9 Å². The maximum absolute atomic E-state index is 14.0. The Morgan fingerprint density at radius 2 is 1.76 bits per heavy atom. The number of carbonyl (C=O) groups is 3. The first-order valence-corrected chi connectivity index (χ1v) is 14.3. The van der Waals surface area contributed by atoms with E-state index in [0.29, 0.717) is 23.1 Å². The highest BCUT2D eigenvalue weighted by Crippen LogP contribution is 2.39. The van der Waals surface area contributed by atoms with Gasteiger partial charge in [0.1, 0.15) is 10.9 Å². The number of nitrogens with two attached hydrogens (primary N) is 1. The second-order valence-electron chi connectivity index (χ2n) is 11.9. The number of ether oxygens (including phenoxy) is 1. The highest BCUT2D eigenvalue weighted by atomic mass is 32.1. The van der Waals surface area contributed by atoms with Crippen LogP contribution in [0.4, 0.5) is 5.69 Å². The summed E-state index contributed by atoms with van der Waals surface area (Å²) in [7, 11) is 0. The number of thiophene rings is 1. The molecule has 1 aromatic rings. The number of carbonyl (C=O) groups excluding carboxylic acids is 2. The third kappa shape index (κ3) is 8.05. The summed E-state index contributed by atoms with van der Waals surface area (Å²) in [6, 6.07) is 1.06. The molecule has 2 saturated carbocycles. The number of esters is 1. The zero-order valence-electron chi connectivity index (χ0n) is 22.8. The molecule has 0 saturated heterocycles. The zero-order valence-corrected chi connectivity index (χ0v) is 23.7. The highest BCUT2D eigenvalue weighted by Gasteiger charge is 2.37. The molecule has 3 rings (SSSR count). The van der Waals surface area contributed by atoms with E-state index in [1.165, 1.54) is 0 Å². The molecule has 1 heterocycles. The maximum Gasteiger partial charge on any atom is 0.348 e. The van der Waals surface area contributed by atoms with Crippen molar-refractivity contribution in [3.63, 3.8) is 0 Å². The third-order valence-corrected chi connectivity index (χ3v) is 8.37. The van der Waals surface area contributed by atoms with Gasteiger partial charge in [-0.2, -0.15) is 0 Å². The van der Waals surface area contributed by atoms with E-state index in [9.17, 15) is 19.5 Å². The van der Waals surface area contributed by atoms with Gasteiger partial charge in [-0.15, -0.1) is 11.3 Å². The van der Waals surface area contributed by atoms with E-state index in [0.717, 1.165) is 62.7 Å². The van der Waals surface area contributed by atoms with Crippen LogP contribution in [0.3, 0.4) is 0 Å². The molecule has 0 radical (unpaired) electrons. The Morgan fingerprint density at radius 3 is 2.30 bits per heavy atom. The number of rotatable bonds is 7. The van der Waals surface area contributed by atoms with Gasteiger partial charge in [0.2, 0.25) is 5.91 Å². The van der Waals surface area contributed by atoms with Crippen LogP contribution in [0.5, 0.6) is 0 Å². The average molecular weight is 531 g/mol. The zero-order chi connectivity index (χ0) is 27.3. The molecule has 7 nitrogen and oxygen atoms in total. The quantitative estimate of drug-likeness (QED) is 0.358. The molecule has 0 unspecified atom stereocenters. The van der Waals surface area contributed by atoms with Gasteiger partial charge < -0.3 is 20.5 Å². The van der Waals surface area contributed by atoms with E-state index in [1.54, 1.807) is 17.9 Å². The molecule has 37 heavy (non-hydrogen) atoms. The Hall–Kier alpha value is -2.37. The van der Waals surface area contributed by atoms with Gasteiger partial charge in [-0.05, 0) is 97.0 Å². The molecule has 0 aromatic carbocycles. The van der Waals surface area contributed by atoms with E-state index in [1.807, 2.05) is 20.8 Å². The molecule has 3 N–H and O–H groups in total. The lowest BCUT2D eigenvalue weighted by molar-refractivity contribution is -0.146. The molecular weight excluding hydrogens is 488 g/mol. The van der Waals surface area contributed by atoms with Crippen molar-refractivity contribution in [2.75, 3.05) is 11.5 Å². The van der Waals surface area contributed by atoms with Crippen molar-refractivity contribution in [1.29, 1.82) is 0 Å². The summed E-state index contributed by atoms with van der Waals surface area (Å²) < 4.78 is 5.35. The molecule has 1 atom stereocenters. The second kappa shape index (κ2) is 12.4. The lowest BCUT2D eigenvalue weighted by atomic mass is 9.81. The van der Waals surface area contributed by atoms with E-state index in [4.69, 9.17) is 10.5 Å².